The summed E-state index contributed by atoms with van der Waals surface area (Å²) in [4.78, 5) is 0. The lowest BCUT2D eigenvalue weighted by atomic mass is 9.85. The van der Waals surface area contributed by atoms with Gasteiger partial charge in [0.15, 0.2) is 0 Å². The van der Waals surface area contributed by atoms with Crippen molar-refractivity contribution in [1.82, 2.24) is 0 Å². The van der Waals surface area contributed by atoms with E-state index in [-0.39, 0.29) is 18.3 Å². The molecular weight excluding hydrogens is 242 g/mol. The minimum absolute atomic E-state index is 0.0671. The van der Waals surface area contributed by atoms with Crippen LogP contribution in [0, 0.1) is 12.8 Å². The smallest absolute Gasteiger partial charge is 0.206 e. The zero-order valence-electron chi connectivity index (χ0n) is 12.1. The summed E-state index contributed by atoms with van der Waals surface area (Å²) < 4.78 is 28.7. The van der Waals surface area contributed by atoms with Gasteiger partial charge in [0, 0.05) is 6.42 Å². The van der Waals surface area contributed by atoms with Crippen LogP contribution in [-0.2, 0) is 0 Å². The highest BCUT2D eigenvalue weighted by molar-refractivity contribution is 5.52. The molecule has 19 heavy (non-hydrogen) atoms. The Morgan fingerprint density at radius 3 is 2.53 bits per heavy atom. The molecule has 1 aromatic carbocycles. The van der Waals surface area contributed by atoms with Crippen molar-refractivity contribution >= 4 is 0 Å². The summed E-state index contributed by atoms with van der Waals surface area (Å²) in [7, 11) is 0. The lowest BCUT2D eigenvalue weighted by Gasteiger charge is -2.23. The van der Waals surface area contributed by atoms with Crippen LogP contribution in [0.1, 0.15) is 73.6 Å². The summed E-state index contributed by atoms with van der Waals surface area (Å²) in [5.41, 5.74) is 4.55. The fourth-order valence-electron chi connectivity index (χ4n) is 4.39. The van der Waals surface area contributed by atoms with Gasteiger partial charge < -0.3 is 0 Å². The molecule has 0 aliphatic heterocycles. The van der Waals surface area contributed by atoms with Crippen LogP contribution in [0.4, 0.5) is 8.78 Å². The maximum Gasteiger partial charge on any atom is 0.255 e. The number of alkyl halides is 2. The Morgan fingerprint density at radius 2 is 1.89 bits per heavy atom. The molecular formula is C17H22F2. The molecule has 0 bridgehead atoms. The second kappa shape index (κ2) is 4.04. The van der Waals surface area contributed by atoms with Crippen molar-refractivity contribution in [2.24, 2.45) is 5.92 Å². The molecule has 1 saturated carbocycles. The first-order chi connectivity index (χ1) is 8.84. The van der Waals surface area contributed by atoms with Crippen LogP contribution in [-0.4, -0.2) is 5.92 Å². The predicted molar refractivity (Wildman–Crippen MR) is 74.1 cm³/mol. The Balaban J connectivity index is 2.25. The average Bonchev–Trinajstić information content (AvgIpc) is 2.78. The third-order valence-electron chi connectivity index (χ3n) is 5.26. The van der Waals surface area contributed by atoms with E-state index < -0.39 is 11.8 Å². The van der Waals surface area contributed by atoms with Crippen LogP contribution < -0.4 is 0 Å². The average molecular weight is 264 g/mol. The molecule has 0 radical (unpaired) electrons. The van der Waals surface area contributed by atoms with Crippen molar-refractivity contribution in [3.05, 3.63) is 34.4 Å². The first kappa shape index (κ1) is 13.1. The molecule has 104 valence electrons. The zero-order valence-corrected chi connectivity index (χ0v) is 12.1. The maximum atomic E-state index is 14.3. The summed E-state index contributed by atoms with van der Waals surface area (Å²) >= 11 is 0. The fraction of sp³-hybridized carbons (Fsp3) is 0.647. The van der Waals surface area contributed by atoms with Gasteiger partial charge in [-0.15, -0.1) is 0 Å². The lowest BCUT2D eigenvalue weighted by Crippen LogP contribution is -2.22. The van der Waals surface area contributed by atoms with Gasteiger partial charge in [0.1, 0.15) is 0 Å². The van der Waals surface area contributed by atoms with E-state index in [1.54, 1.807) is 0 Å². The first-order valence-electron chi connectivity index (χ1n) is 7.35. The molecule has 3 atom stereocenters. The molecule has 1 aromatic rings. The fourth-order valence-corrected chi connectivity index (χ4v) is 4.39. The van der Waals surface area contributed by atoms with Crippen molar-refractivity contribution < 1.29 is 8.78 Å². The van der Waals surface area contributed by atoms with E-state index in [9.17, 15) is 8.78 Å². The van der Waals surface area contributed by atoms with E-state index in [0.29, 0.717) is 12.3 Å². The third kappa shape index (κ3) is 1.68. The van der Waals surface area contributed by atoms with Gasteiger partial charge in [-0.1, -0.05) is 32.9 Å². The number of rotatable bonds is 1. The monoisotopic (exact) mass is 264 g/mol. The minimum Gasteiger partial charge on any atom is -0.206 e. The molecule has 1 fully saturated rings. The lowest BCUT2D eigenvalue weighted by molar-refractivity contribution is -0.0135. The standard InChI is InChI=1S/C17H22F2/c1-9(2)12-6-5-10(3)14-11(4)13-7-8-17(18,19)16(13)15(12)14/h5-6,9,11,13,16H,7-8H2,1-4H3. The molecule has 0 nitrogen and oxygen atoms in total. The molecule has 0 saturated heterocycles. The summed E-state index contributed by atoms with van der Waals surface area (Å²) in [5, 5.41) is 0. The van der Waals surface area contributed by atoms with Gasteiger partial charge in [0.05, 0.1) is 5.92 Å². The summed E-state index contributed by atoms with van der Waals surface area (Å²) in [6.45, 7) is 8.42. The van der Waals surface area contributed by atoms with Crippen LogP contribution in [0.3, 0.4) is 0 Å². The maximum absolute atomic E-state index is 14.3. The van der Waals surface area contributed by atoms with Gasteiger partial charge in [0.25, 0.3) is 5.92 Å². The van der Waals surface area contributed by atoms with Crippen LogP contribution in [0.5, 0.6) is 0 Å². The van der Waals surface area contributed by atoms with Crippen LogP contribution in [0.25, 0.3) is 0 Å². The van der Waals surface area contributed by atoms with Gasteiger partial charge >= 0.3 is 0 Å². The predicted octanol–water partition coefficient (Wildman–Crippen LogP) is 5.36. The Labute approximate surface area is 114 Å². The van der Waals surface area contributed by atoms with E-state index in [2.05, 4.69) is 39.8 Å². The molecule has 2 aliphatic carbocycles. The molecule has 2 heteroatoms. The van der Waals surface area contributed by atoms with Crippen molar-refractivity contribution in [2.45, 2.75) is 64.2 Å². The molecule has 3 rings (SSSR count). The van der Waals surface area contributed by atoms with Crippen molar-refractivity contribution in [1.29, 1.82) is 0 Å². The zero-order chi connectivity index (χ0) is 13.9. The summed E-state index contributed by atoms with van der Waals surface area (Å²) in [6, 6.07) is 4.19. The topological polar surface area (TPSA) is 0 Å². The number of benzene rings is 1. The van der Waals surface area contributed by atoms with Gasteiger partial charge in [-0.05, 0) is 53.4 Å². The van der Waals surface area contributed by atoms with E-state index in [1.165, 1.54) is 11.1 Å². The molecule has 0 N–H and O–H groups in total. The van der Waals surface area contributed by atoms with E-state index in [4.69, 9.17) is 0 Å². The number of hydrogen-bond donors (Lipinski definition) is 0. The highest BCUT2D eigenvalue weighted by atomic mass is 19.3. The number of aryl methyl sites for hydroxylation is 1. The second-order valence-corrected chi connectivity index (χ2v) is 6.68. The van der Waals surface area contributed by atoms with E-state index in [0.717, 1.165) is 11.1 Å². The number of halogens is 2. The Bertz CT molecular complexity index is 516. The van der Waals surface area contributed by atoms with Gasteiger partial charge in [-0.25, -0.2) is 8.78 Å². The quantitative estimate of drug-likeness (QED) is 0.640. The SMILES string of the molecule is Cc1ccc(C(C)C)c2c1C(C)C1CCC(F)(F)C21. The molecule has 0 aromatic heterocycles. The Hall–Kier alpha value is -0.920. The minimum atomic E-state index is -2.51. The second-order valence-electron chi connectivity index (χ2n) is 6.68. The van der Waals surface area contributed by atoms with Crippen molar-refractivity contribution in [2.75, 3.05) is 0 Å². The van der Waals surface area contributed by atoms with Crippen molar-refractivity contribution in [3.8, 4) is 0 Å². The first-order valence-corrected chi connectivity index (χ1v) is 7.35. The highest BCUT2D eigenvalue weighted by Crippen LogP contribution is 2.62. The van der Waals surface area contributed by atoms with Crippen molar-refractivity contribution in [3.63, 3.8) is 0 Å². The summed E-state index contributed by atoms with van der Waals surface area (Å²) in [6.07, 6.45) is 0.738. The van der Waals surface area contributed by atoms with E-state index in [1.807, 2.05) is 0 Å². The van der Waals surface area contributed by atoms with Crippen LogP contribution in [0.2, 0.25) is 0 Å². The Kier molecular flexibility index (Phi) is 2.78. The molecule has 2 aliphatic rings. The number of hydrogen-bond acceptors (Lipinski definition) is 0. The van der Waals surface area contributed by atoms with Crippen LogP contribution >= 0.6 is 0 Å². The molecule has 0 spiro atoms. The normalized spacial score (nSPS) is 31.6. The van der Waals surface area contributed by atoms with Crippen LogP contribution in [0.15, 0.2) is 12.1 Å². The van der Waals surface area contributed by atoms with E-state index >= 15 is 0 Å². The Morgan fingerprint density at radius 1 is 1.21 bits per heavy atom. The third-order valence-corrected chi connectivity index (χ3v) is 5.26. The molecule has 0 heterocycles. The van der Waals surface area contributed by atoms with Gasteiger partial charge in [-0.2, -0.15) is 0 Å². The number of fused-ring (bicyclic) bond motifs is 3. The highest BCUT2D eigenvalue weighted by Gasteiger charge is 2.57. The van der Waals surface area contributed by atoms with Gasteiger partial charge in [-0.3, -0.25) is 0 Å². The van der Waals surface area contributed by atoms with Gasteiger partial charge in [0.2, 0.25) is 0 Å². The largest absolute Gasteiger partial charge is 0.255 e. The molecule has 3 unspecified atom stereocenters. The summed E-state index contributed by atoms with van der Waals surface area (Å²) in [5.74, 6) is -2.30. The molecule has 0 amide bonds.